The van der Waals surface area contributed by atoms with Crippen LogP contribution in [0, 0.1) is 0 Å². The largest absolute Gasteiger partial charge is 0.368 e. The highest BCUT2D eigenvalue weighted by molar-refractivity contribution is 5.58. The van der Waals surface area contributed by atoms with Gasteiger partial charge in [0.2, 0.25) is 0 Å². The molecule has 5 heteroatoms. The minimum absolute atomic E-state index is 0.143. The number of nitrogens with one attached hydrogen (secondary N) is 1. The van der Waals surface area contributed by atoms with Gasteiger partial charge in [-0.25, -0.2) is 4.98 Å². The first-order chi connectivity index (χ1) is 10.3. The highest BCUT2D eigenvalue weighted by atomic mass is 16.5. The zero-order valence-corrected chi connectivity index (χ0v) is 12.1. The van der Waals surface area contributed by atoms with Crippen molar-refractivity contribution in [2.75, 3.05) is 26.2 Å². The van der Waals surface area contributed by atoms with E-state index in [-0.39, 0.29) is 11.7 Å². The van der Waals surface area contributed by atoms with Crippen LogP contribution in [0.5, 0.6) is 0 Å². The first-order valence-corrected chi connectivity index (χ1v) is 7.27. The van der Waals surface area contributed by atoms with Gasteiger partial charge in [-0.05, 0) is 6.54 Å². The molecule has 0 radical (unpaired) electrons. The van der Waals surface area contributed by atoms with Crippen LogP contribution in [0.2, 0.25) is 0 Å². The summed E-state index contributed by atoms with van der Waals surface area (Å²) in [6.07, 6.45) is -0.171. The normalized spacial score (nSPS) is 19.6. The number of morpholine rings is 1. The Bertz CT molecular complexity index is 654. The summed E-state index contributed by atoms with van der Waals surface area (Å²) in [5.41, 5.74) is 1.48. The third-order valence-electron chi connectivity index (χ3n) is 3.73. The van der Waals surface area contributed by atoms with Gasteiger partial charge in [-0.3, -0.25) is 9.69 Å². The molecule has 1 aliphatic rings. The predicted molar refractivity (Wildman–Crippen MR) is 81.1 cm³/mol. The number of aromatic nitrogens is 2. The number of benzene rings is 1. The van der Waals surface area contributed by atoms with Crippen LogP contribution in [-0.2, 0) is 4.74 Å². The smallest absolute Gasteiger partial charge is 0.251 e. The van der Waals surface area contributed by atoms with Crippen LogP contribution in [0.4, 0.5) is 0 Å². The SMILES string of the molecule is CCN1CCOC(c2nc(-c3ccccc3)cc(=O)[nH]2)C1. The van der Waals surface area contributed by atoms with Gasteiger partial charge in [0.1, 0.15) is 11.9 Å². The fourth-order valence-corrected chi connectivity index (χ4v) is 2.54. The van der Waals surface area contributed by atoms with Gasteiger partial charge in [-0.2, -0.15) is 0 Å². The maximum absolute atomic E-state index is 11.9. The van der Waals surface area contributed by atoms with E-state index in [9.17, 15) is 4.79 Å². The zero-order chi connectivity index (χ0) is 14.7. The van der Waals surface area contributed by atoms with Gasteiger partial charge in [0.15, 0.2) is 0 Å². The highest BCUT2D eigenvalue weighted by Gasteiger charge is 2.23. The Morgan fingerprint density at radius 2 is 2.19 bits per heavy atom. The topological polar surface area (TPSA) is 58.2 Å². The Hall–Kier alpha value is -1.98. The van der Waals surface area contributed by atoms with Crippen LogP contribution in [0.15, 0.2) is 41.2 Å². The van der Waals surface area contributed by atoms with Crippen molar-refractivity contribution in [1.29, 1.82) is 0 Å². The Labute approximate surface area is 123 Å². The summed E-state index contributed by atoms with van der Waals surface area (Å²) in [6, 6.07) is 11.2. The molecular weight excluding hydrogens is 266 g/mol. The van der Waals surface area contributed by atoms with Crippen molar-refractivity contribution in [1.82, 2.24) is 14.9 Å². The standard InChI is InChI=1S/C16H19N3O2/c1-2-19-8-9-21-14(11-19)16-17-13(10-15(20)18-16)12-6-4-3-5-7-12/h3-7,10,14H,2,8-9,11H2,1H3,(H,17,18,20). The van der Waals surface area contributed by atoms with E-state index >= 15 is 0 Å². The third-order valence-corrected chi connectivity index (χ3v) is 3.73. The van der Waals surface area contributed by atoms with Gasteiger partial charge in [0.25, 0.3) is 5.56 Å². The summed E-state index contributed by atoms with van der Waals surface area (Å²) in [7, 11) is 0. The molecule has 1 aliphatic heterocycles. The van der Waals surface area contributed by atoms with E-state index in [2.05, 4.69) is 21.8 Å². The minimum Gasteiger partial charge on any atom is -0.368 e. The van der Waals surface area contributed by atoms with E-state index in [0.717, 1.165) is 25.2 Å². The van der Waals surface area contributed by atoms with Gasteiger partial charge in [0.05, 0.1) is 12.3 Å². The fraction of sp³-hybridized carbons (Fsp3) is 0.375. The van der Waals surface area contributed by atoms with Gasteiger partial charge in [0, 0.05) is 24.7 Å². The zero-order valence-electron chi connectivity index (χ0n) is 12.1. The molecular formula is C16H19N3O2. The molecule has 2 aromatic rings. The summed E-state index contributed by atoms with van der Waals surface area (Å²) in [6.45, 7) is 5.45. The number of hydrogen-bond donors (Lipinski definition) is 1. The number of H-pyrrole nitrogens is 1. The first kappa shape index (κ1) is 14.0. The molecule has 110 valence electrons. The Morgan fingerprint density at radius 3 is 2.95 bits per heavy atom. The first-order valence-electron chi connectivity index (χ1n) is 7.27. The average Bonchev–Trinajstić information content (AvgIpc) is 2.55. The van der Waals surface area contributed by atoms with E-state index in [1.54, 1.807) is 0 Å². The summed E-state index contributed by atoms with van der Waals surface area (Å²) < 4.78 is 5.77. The molecule has 1 saturated heterocycles. The van der Waals surface area contributed by atoms with Crippen molar-refractivity contribution in [3.8, 4) is 11.3 Å². The lowest BCUT2D eigenvalue weighted by Gasteiger charge is -2.31. The van der Waals surface area contributed by atoms with E-state index in [1.807, 2.05) is 30.3 Å². The number of nitrogens with zero attached hydrogens (tertiary/aromatic N) is 2. The van der Waals surface area contributed by atoms with E-state index in [1.165, 1.54) is 6.07 Å². The van der Waals surface area contributed by atoms with Crippen molar-refractivity contribution in [3.05, 3.63) is 52.6 Å². The quantitative estimate of drug-likeness (QED) is 0.934. The molecule has 1 unspecified atom stereocenters. The van der Waals surface area contributed by atoms with Crippen molar-refractivity contribution >= 4 is 0 Å². The van der Waals surface area contributed by atoms with Gasteiger partial charge in [-0.15, -0.1) is 0 Å². The summed E-state index contributed by atoms with van der Waals surface area (Å²) in [4.78, 5) is 21.6. The van der Waals surface area contributed by atoms with Gasteiger partial charge >= 0.3 is 0 Å². The third kappa shape index (κ3) is 3.20. The molecule has 2 heterocycles. The van der Waals surface area contributed by atoms with Crippen molar-refractivity contribution in [2.45, 2.75) is 13.0 Å². The van der Waals surface area contributed by atoms with E-state index < -0.39 is 0 Å². The number of ether oxygens (including phenoxy) is 1. The molecule has 0 saturated carbocycles. The maximum Gasteiger partial charge on any atom is 0.251 e. The Kier molecular flexibility index (Phi) is 4.13. The molecule has 0 aliphatic carbocycles. The summed E-state index contributed by atoms with van der Waals surface area (Å²) >= 11 is 0. The Morgan fingerprint density at radius 1 is 1.38 bits per heavy atom. The van der Waals surface area contributed by atoms with Crippen LogP contribution in [0.25, 0.3) is 11.3 Å². The molecule has 0 amide bonds. The van der Waals surface area contributed by atoms with Crippen LogP contribution in [0.3, 0.4) is 0 Å². The molecule has 1 fully saturated rings. The average molecular weight is 285 g/mol. The molecule has 1 aromatic heterocycles. The number of likely N-dealkylation sites (N-methyl/N-ethyl adjacent to an activating group) is 1. The molecule has 1 N–H and O–H groups in total. The van der Waals surface area contributed by atoms with Crippen LogP contribution in [0.1, 0.15) is 18.9 Å². The number of rotatable bonds is 3. The molecule has 0 bridgehead atoms. The lowest BCUT2D eigenvalue weighted by atomic mass is 10.1. The number of hydrogen-bond acceptors (Lipinski definition) is 4. The maximum atomic E-state index is 11.9. The Balaban J connectivity index is 1.93. The van der Waals surface area contributed by atoms with Crippen molar-refractivity contribution in [2.24, 2.45) is 0 Å². The van der Waals surface area contributed by atoms with E-state index in [0.29, 0.717) is 18.1 Å². The fourth-order valence-electron chi connectivity index (χ4n) is 2.54. The molecule has 5 nitrogen and oxygen atoms in total. The molecule has 0 spiro atoms. The second kappa shape index (κ2) is 6.20. The summed E-state index contributed by atoms with van der Waals surface area (Å²) in [5, 5.41) is 0. The lowest BCUT2D eigenvalue weighted by molar-refractivity contribution is -0.0326. The molecule has 1 aromatic carbocycles. The second-order valence-electron chi connectivity index (χ2n) is 5.13. The summed E-state index contributed by atoms with van der Waals surface area (Å²) in [5.74, 6) is 0.611. The van der Waals surface area contributed by atoms with Crippen LogP contribution < -0.4 is 5.56 Å². The van der Waals surface area contributed by atoms with Gasteiger partial charge in [-0.1, -0.05) is 37.3 Å². The van der Waals surface area contributed by atoms with E-state index in [4.69, 9.17) is 4.74 Å². The predicted octanol–water partition coefficient (Wildman–Crippen LogP) is 1.83. The minimum atomic E-state index is -0.171. The van der Waals surface area contributed by atoms with Gasteiger partial charge < -0.3 is 9.72 Å². The lowest BCUT2D eigenvalue weighted by Crippen LogP contribution is -2.39. The second-order valence-corrected chi connectivity index (χ2v) is 5.13. The molecule has 3 rings (SSSR count). The van der Waals surface area contributed by atoms with Crippen LogP contribution in [-0.4, -0.2) is 41.1 Å². The van der Waals surface area contributed by atoms with Crippen molar-refractivity contribution < 1.29 is 4.74 Å². The van der Waals surface area contributed by atoms with Crippen LogP contribution >= 0.6 is 0 Å². The van der Waals surface area contributed by atoms with Crippen molar-refractivity contribution in [3.63, 3.8) is 0 Å². The number of aromatic amines is 1. The molecule has 21 heavy (non-hydrogen) atoms. The highest BCUT2D eigenvalue weighted by Crippen LogP contribution is 2.21. The monoisotopic (exact) mass is 285 g/mol. The molecule has 1 atom stereocenters.